The van der Waals surface area contributed by atoms with Crippen molar-refractivity contribution in [3.8, 4) is 0 Å². The molecule has 2 fully saturated rings. The second-order valence-electron chi connectivity index (χ2n) is 5.96. The third kappa shape index (κ3) is 3.45. The first-order chi connectivity index (χ1) is 8.89. The maximum atomic E-state index is 11.1. The normalized spacial score (nSPS) is 36.3. The van der Waals surface area contributed by atoms with E-state index >= 15 is 0 Å². The van der Waals surface area contributed by atoms with Gasteiger partial charge in [-0.25, -0.2) is 0 Å². The number of aliphatic carboxylic acids is 1. The fraction of sp³-hybridized carbons (Fsp3) is 0.846. The molecule has 1 amide bonds. The van der Waals surface area contributed by atoms with Gasteiger partial charge in [-0.05, 0) is 38.6 Å². The SMILES string of the molecule is NC(=O)C1CCN(CC2(O)CCC(C(=O)O)CC2)C1. The summed E-state index contributed by atoms with van der Waals surface area (Å²) >= 11 is 0. The number of hydrogen-bond acceptors (Lipinski definition) is 4. The molecular weight excluding hydrogens is 248 g/mol. The molecular formula is C13H22N2O4. The van der Waals surface area contributed by atoms with Crippen LogP contribution in [-0.4, -0.2) is 52.2 Å². The quantitative estimate of drug-likeness (QED) is 0.656. The monoisotopic (exact) mass is 270 g/mol. The number of rotatable bonds is 4. The van der Waals surface area contributed by atoms with E-state index in [4.69, 9.17) is 10.8 Å². The Hall–Kier alpha value is -1.14. The molecule has 0 radical (unpaired) electrons. The number of aliphatic hydroxyl groups is 1. The van der Waals surface area contributed by atoms with E-state index in [1.807, 2.05) is 0 Å². The van der Waals surface area contributed by atoms with Crippen LogP contribution < -0.4 is 5.73 Å². The fourth-order valence-electron chi connectivity index (χ4n) is 3.18. The zero-order valence-electron chi connectivity index (χ0n) is 11.0. The maximum Gasteiger partial charge on any atom is 0.306 e. The van der Waals surface area contributed by atoms with Gasteiger partial charge in [0, 0.05) is 13.1 Å². The summed E-state index contributed by atoms with van der Waals surface area (Å²) in [5, 5.41) is 19.5. The molecule has 4 N–H and O–H groups in total. The van der Waals surface area contributed by atoms with Crippen LogP contribution in [0.4, 0.5) is 0 Å². The lowest BCUT2D eigenvalue weighted by molar-refractivity contribution is -0.145. The number of nitrogens with two attached hydrogens (primary N) is 1. The van der Waals surface area contributed by atoms with Gasteiger partial charge in [-0.3, -0.25) is 14.5 Å². The molecule has 0 spiro atoms. The van der Waals surface area contributed by atoms with Gasteiger partial charge >= 0.3 is 5.97 Å². The van der Waals surface area contributed by atoms with Crippen LogP contribution in [0, 0.1) is 11.8 Å². The van der Waals surface area contributed by atoms with E-state index < -0.39 is 11.6 Å². The number of carbonyl (C=O) groups excluding carboxylic acids is 1. The summed E-state index contributed by atoms with van der Waals surface area (Å²) in [4.78, 5) is 24.1. The Labute approximate surface area is 112 Å². The molecule has 1 aliphatic carbocycles. The van der Waals surface area contributed by atoms with Gasteiger partial charge < -0.3 is 15.9 Å². The van der Waals surface area contributed by atoms with Crippen molar-refractivity contribution in [3.05, 3.63) is 0 Å². The Kier molecular flexibility index (Phi) is 4.10. The van der Waals surface area contributed by atoms with E-state index in [2.05, 4.69) is 4.90 Å². The number of amides is 1. The van der Waals surface area contributed by atoms with Crippen LogP contribution in [0.25, 0.3) is 0 Å². The first kappa shape index (κ1) is 14.3. The fourth-order valence-corrected chi connectivity index (χ4v) is 3.18. The van der Waals surface area contributed by atoms with Crippen molar-refractivity contribution in [2.75, 3.05) is 19.6 Å². The summed E-state index contributed by atoms with van der Waals surface area (Å²) in [6, 6.07) is 0. The largest absolute Gasteiger partial charge is 0.481 e. The molecule has 1 saturated carbocycles. The summed E-state index contributed by atoms with van der Waals surface area (Å²) in [5.41, 5.74) is 4.48. The summed E-state index contributed by atoms with van der Waals surface area (Å²) in [5.74, 6) is -1.47. The lowest BCUT2D eigenvalue weighted by atomic mass is 9.78. The van der Waals surface area contributed by atoms with Crippen molar-refractivity contribution in [1.82, 2.24) is 4.90 Å². The van der Waals surface area contributed by atoms with Crippen LogP contribution in [0.2, 0.25) is 0 Å². The van der Waals surface area contributed by atoms with Crippen LogP contribution in [0.5, 0.6) is 0 Å². The zero-order valence-corrected chi connectivity index (χ0v) is 11.0. The molecule has 0 aromatic heterocycles. The first-order valence-corrected chi connectivity index (χ1v) is 6.86. The van der Waals surface area contributed by atoms with E-state index in [0.29, 0.717) is 38.8 Å². The summed E-state index contributed by atoms with van der Waals surface area (Å²) in [7, 11) is 0. The smallest absolute Gasteiger partial charge is 0.306 e. The topological polar surface area (TPSA) is 104 Å². The Morgan fingerprint density at radius 2 is 1.84 bits per heavy atom. The van der Waals surface area contributed by atoms with Crippen LogP contribution >= 0.6 is 0 Å². The van der Waals surface area contributed by atoms with Gasteiger partial charge in [0.1, 0.15) is 0 Å². The summed E-state index contributed by atoms with van der Waals surface area (Å²) < 4.78 is 0. The molecule has 108 valence electrons. The van der Waals surface area contributed by atoms with Crippen LogP contribution in [0.15, 0.2) is 0 Å². The molecule has 0 bridgehead atoms. The average Bonchev–Trinajstić information content (AvgIpc) is 2.77. The van der Waals surface area contributed by atoms with Gasteiger partial charge in [0.25, 0.3) is 0 Å². The standard InChI is InChI=1S/C13H22N2O4/c14-11(16)10-3-6-15(7-10)8-13(19)4-1-9(2-5-13)12(17)18/h9-10,19H,1-8H2,(H2,14,16)(H,17,18). The van der Waals surface area contributed by atoms with E-state index in [0.717, 1.165) is 13.0 Å². The molecule has 1 unspecified atom stereocenters. The molecule has 2 aliphatic rings. The van der Waals surface area contributed by atoms with Crippen LogP contribution in [-0.2, 0) is 9.59 Å². The van der Waals surface area contributed by atoms with Crippen molar-refractivity contribution >= 4 is 11.9 Å². The van der Waals surface area contributed by atoms with E-state index in [1.165, 1.54) is 0 Å². The van der Waals surface area contributed by atoms with Gasteiger partial charge in [-0.2, -0.15) is 0 Å². The molecule has 1 saturated heterocycles. The van der Waals surface area contributed by atoms with Crippen LogP contribution in [0.1, 0.15) is 32.1 Å². The highest BCUT2D eigenvalue weighted by molar-refractivity contribution is 5.77. The molecule has 1 heterocycles. The minimum atomic E-state index is -0.807. The number of hydrogen-bond donors (Lipinski definition) is 3. The molecule has 0 aromatic rings. The minimum absolute atomic E-state index is 0.112. The molecule has 1 atom stereocenters. The number of carboxylic acids is 1. The molecule has 0 aromatic carbocycles. The maximum absolute atomic E-state index is 11.1. The highest BCUT2D eigenvalue weighted by Crippen LogP contribution is 2.33. The average molecular weight is 270 g/mol. The van der Waals surface area contributed by atoms with Gasteiger partial charge in [-0.1, -0.05) is 0 Å². The Morgan fingerprint density at radius 3 is 2.32 bits per heavy atom. The number of nitrogens with zero attached hydrogens (tertiary/aromatic N) is 1. The van der Waals surface area contributed by atoms with E-state index in [-0.39, 0.29) is 17.7 Å². The highest BCUT2D eigenvalue weighted by Gasteiger charge is 2.38. The Bertz CT molecular complexity index is 364. The summed E-state index contributed by atoms with van der Waals surface area (Å²) in [6.45, 7) is 1.90. The van der Waals surface area contributed by atoms with E-state index in [9.17, 15) is 14.7 Å². The minimum Gasteiger partial charge on any atom is -0.481 e. The number of likely N-dealkylation sites (tertiary alicyclic amines) is 1. The number of β-amino-alcohol motifs (C(OH)–C–C–N with tert-alkyl or cyclic N) is 1. The van der Waals surface area contributed by atoms with Crippen molar-refractivity contribution in [2.24, 2.45) is 17.6 Å². The predicted octanol–water partition coefficient (Wildman–Crippen LogP) is -0.201. The third-order valence-electron chi connectivity index (χ3n) is 4.46. The number of carbonyl (C=O) groups is 2. The molecule has 2 rings (SSSR count). The summed E-state index contributed by atoms with van der Waals surface area (Å²) in [6.07, 6.45) is 2.84. The Balaban J connectivity index is 1.83. The van der Waals surface area contributed by atoms with Gasteiger partial charge in [0.2, 0.25) is 5.91 Å². The Morgan fingerprint density at radius 1 is 1.21 bits per heavy atom. The lowest BCUT2D eigenvalue weighted by Crippen LogP contribution is -2.46. The number of primary amides is 1. The number of carboxylic acid groups (broad SMARTS) is 1. The van der Waals surface area contributed by atoms with Gasteiger partial charge in [0.05, 0.1) is 17.4 Å². The predicted molar refractivity (Wildman–Crippen MR) is 68.3 cm³/mol. The first-order valence-electron chi connectivity index (χ1n) is 6.86. The molecule has 6 heteroatoms. The van der Waals surface area contributed by atoms with Crippen molar-refractivity contribution < 1.29 is 19.8 Å². The van der Waals surface area contributed by atoms with E-state index in [1.54, 1.807) is 0 Å². The second kappa shape index (κ2) is 5.46. The zero-order chi connectivity index (χ0) is 14.0. The van der Waals surface area contributed by atoms with Gasteiger partial charge in [0.15, 0.2) is 0 Å². The molecule has 6 nitrogen and oxygen atoms in total. The van der Waals surface area contributed by atoms with Crippen LogP contribution in [0.3, 0.4) is 0 Å². The lowest BCUT2D eigenvalue weighted by Gasteiger charge is -2.37. The third-order valence-corrected chi connectivity index (χ3v) is 4.46. The molecule has 1 aliphatic heterocycles. The van der Waals surface area contributed by atoms with Crippen molar-refractivity contribution in [3.63, 3.8) is 0 Å². The second-order valence-corrected chi connectivity index (χ2v) is 5.96. The molecule has 19 heavy (non-hydrogen) atoms. The van der Waals surface area contributed by atoms with Crippen molar-refractivity contribution in [1.29, 1.82) is 0 Å². The highest BCUT2D eigenvalue weighted by atomic mass is 16.4. The van der Waals surface area contributed by atoms with Gasteiger partial charge in [-0.15, -0.1) is 0 Å². The van der Waals surface area contributed by atoms with Crippen molar-refractivity contribution in [2.45, 2.75) is 37.7 Å².